The number of carboxylic acids is 1. The van der Waals surface area contributed by atoms with Crippen molar-refractivity contribution in [2.45, 2.75) is 25.3 Å². The Morgan fingerprint density at radius 2 is 2.09 bits per heavy atom. The van der Waals surface area contributed by atoms with E-state index in [1.54, 1.807) is 24.3 Å². The Morgan fingerprint density at radius 1 is 1.41 bits per heavy atom. The first-order valence-corrected chi connectivity index (χ1v) is 8.67. The number of fused-ring (bicyclic) bond motifs is 1. The van der Waals surface area contributed by atoms with Crippen LogP contribution in [0.3, 0.4) is 0 Å². The molecule has 1 atom stereocenters. The van der Waals surface area contributed by atoms with E-state index in [-0.39, 0.29) is 18.8 Å². The van der Waals surface area contributed by atoms with Gasteiger partial charge in [-0.3, -0.25) is 4.79 Å². The second-order valence-electron chi connectivity index (χ2n) is 6.03. The Hall–Kier alpha value is -1.91. The van der Waals surface area contributed by atoms with Gasteiger partial charge in [-0.05, 0) is 24.0 Å². The third kappa shape index (κ3) is 2.60. The first-order chi connectivity index (χ1) is 10.4. The number of carboxylic acid groups (broad SMARTS) is 1. The van der Waals surface area contributed by atoms with Crippen molar-refractivity contribution in [3.05, 3.63) is 35.4 Å². The summed E-state index contributed by atoms with van der Waals surface area (Å²) >= 11 is 0. The topological polar surface area (TPSA) is 98.5 Å². The zero-order chi connectivity index (χ0) is 16.0. The van der Waals surface area contributed by atoms with Crippen molar-refractivity contribution in [3.8, 4) is 6.07 Å². The molecular weight excluding hydrogens is 304 g/mol. The SMILES string of the molecule is N#CC1(CS(=O)(=O)N2Cc3ccccc3C(C(=O)O)C2)CC1. The molecule has 1 fully saturated rings. The minimum Gasteiger partial charge on any atom is -0.481 e. The molecule has 0 saturated heterocycles. The second kappa shape index (κ2) is 5.07. The van der Waals surface area contributed by atoms with E-state index in [1.807, 2.05) is 0 Å². The lowest BCUT2D eigenvalue weighted by atomic mass is 9.91. The summed E-state index contributed by atoms with van der Waals surface area (Å²) in [7, 11) is -3.65. The molecule has 1 aromatic rings. The number of nitrogens with zero attached hydrogens (tertiary/aromatic N) is 2. The Bertz CT molecular complexity index is 762. The summed E-state index contributed by atoms with van der Waals surface area (Å²) in [6.45, 7) is 0.0972. The molecule has 1 heterocycles. The number of sulfonamides is 1. The maximum absolute atomic E-state index is 12.6. The van der Waals surface area contributed by atoms with Crippen LogP contribution in [0.5, 0.6) is 0 Å². The fraction of sp³-hybridized carbons (Fsp3) is 0.467. The molecule has 1 unspecified atom stereocenters. The zero-order valence-electron chi connectivity index (χ0n) is 11.9. The molecule has 0 amide bonds. The van der Waals surface area contributed by atoms with Gasteiger partial charge < -0.3 is 5.11 Å². The van der Waals surface area contributed by atoms with Crippen molar-refractivity contribution >= 4 is 16.0 Å². The van der Waals surface area contributed by atoms with E-state index >= 15 is 0 Å². The van der Waals surface area contributed by atoms with Crippen LogP contribution >= 0.6 is 0 Å². The average molecular weight is 320 g/mol. The largest absolute Gasteiger partial charge is 0.481 e. The predicted octanol–water partition coefficient (Wildman–Crippen LogP) is 1.30. The van der Waals surface area contributed by atoms with Gasteiger partial charge in [0.2, 0.25) is 10.0 Å². The molecule has 0 radical (unpaired) electrons. The standard InChI is InChI=1S/C15H16N2O4S/c16-9-15(5-6-15)10-22(20,21)17-7-11-3-1-2-4-12(11)13(8-17)14(18)19/h1-4,13H,5-8,10H2,(H,18,19). The van der Waals surface area contributed by atoms with Gasteiger partial charge in [0.15, 0.2) is 0 Å². The highest BCUT2D eigenvalue weighted by atomic mass is 32.2. The summed E-state index contributed by atoms with van der Waals surface area (Å²) in [6.07, 6.45) is 1.19. The minimum absolute atomic E-state index is 0.0732. The Balaban J connectivity index is 1.91. The normalized spacial score (nSPS) is 23.3. The highest BCUT2D eigenvalue weighted by Crippen LogP contribution is 2.46. The van der Waals surface area contributed by atoms with E-state index in [0.717, 1.165) is 0 Å². The molecule has 1 saturated carbocycles. The van der Waals surface area contributed by atoms with Crippen LogP contribution in [0.25, 0.3) is 0 Å². The van der Waals surface area contributed by atoms with Crippen LogP contribution in [-0.4, -0.2) is 36.1 Å². The Labute approximate surface area is 129 Å². The average Bonchev–Trinajstić information content (AvgIpc) is 3.25. The van der Waals surface area contributed by atoms with E-state index in [0.29, 0.717) is 24.0 Å². The van der Waals surface area contributed by atoms with Gasteiger partial charge >= 0.3 is 5.97 Å². The van der Waals surface area contributed by atoms with Crippen LogP contribution in [0.4, 0.5) is 0 Å². The van der Waals surface area contributed by atoms with E-state index in [9.17, 15) is 18.3 Å². The summed E-state index contributed by atoms with van der Waals surface area (Å²) in [5.41, 5.74) is 0.614. The molecule has 1 N–H and O–H groups in total. The molecule has 22 heavy (non-hydrogen) atoms. The maximum Gasteiger partial charge on any atom is 0.312 e. The first-order valence-electron chi connectivity index (χ1n) is 7.07. The molecule has 0 spiro atoms. The molecule has 0 aromatic heterocycles. The van der Waals surface area contributed by atoms with Crippen LogP contribution in [0, 0.1) is 16.7 Å². The fourth-order valence-electron chi connectivity index (χ4n) is 2.88. The molecule has 2 aliphatic rings. The van der Waals surface area contributed by atoms with E-state index < -0.39 is 27.3 Å². The molecule has 6 nitrogen and oxygen atoms in total. The highest BCUT2D eigenvalue weighted by molar-refractivity contribution is 7.89. The molecular formula is C15H16N2O4S. The molecule has 1 aliphatic carbocycles. The summed E-state index contributed by atoms with van der Waals surface area (Å²) in [4.78, 5) is 11.5. The second-order valence-corrected chi connectivity index (χ2v) is 8.00. The van der Waals surface area contributed by atoms with Crippen molar-refractivity contribution in [1.29, 1.82) is 5.26 Å². The lowest BCUT2D eigenvalue weighted by molar-refractivity contribution is -0.139. The Kier molecular flexibility index (Phi) is 3.46. The molecule has 7 heteroatoms. The lowest BCUT2D eigenvalue weighted by Gasteiger charge is -2.32. The van der Waals surface area contributed by atoms with Gasteiger partial charge in [-0.2, -0.15) is 9.57 Å². The van der Waals surface area contributed by atoms with E-state index in [1.165, 1.54) is 4.31 Å². The molecule has 0 bridgehead atoms. The van der Waals surface area contributed by atoms with Crippen molar-refractivity contribution in [3.63, 3.8) is 0 Å². The van der Waals surface area contributed by atoms with Gasteiger partial charge in [0.25, 0.3) is 0 Å². The van der Waals surface area contributed by atoms with Gasteiger partial charge in [0, 0.05) is 13.1 Å². The van der Waals surface area contributed by atoms with Crippen molar-refractivity contribution in [1.82, 2.24) is 4.31 Å². The maximum atomic E-state index is 12.6. The predicted molar refractivity (Wildman–Crippen MR) is 78.3 cm³/mol. The summed E-state index contributed by atoms with van der Waals surface area (Å²) in [5.74, 6) is -2.11. The van der Waals surface area contributed by atoms with Gasteiger partial charge in [0.05, 0.1) is 23.2 Å². The van der Waals surface area contributed by atoms with Crippen molar-refractivity contribution in [2.75, 3.05) is 12.3 Å². The molecule has 3 rings (SSSR count). The lowest BCUT2D eigenvalue weighted by Crippen LogP contribution is -2.42. The van der Waals surface area contributed by atoms with Gasteiger partial charge in [-0.15, -0.1) is 0 Å². The van der Waals surface area contributed by atoms with Crippen LogP contribution < -0.4 is 0 Å². The number of hydrogen-bond donors (Lipinski definition) is 1. The fourth-order valence-corrected chi connectivity index (χ4v) is 4.82. The molecule has 1 aromatic carbocycles. The van der Waals surface area contributed by atoms with Crippen LogP contribution in [0.1, 0.15) is 29.9 Å². The minimum atomic E-state index is -3.65. The third-order valence-electron chi connectivity index (χ3n) is 4.40. The number of hydrogen-bond acceptors (Lipinski definition) is 4. The van der Waals surface area contributed by atoms with Crippen LogP contribution in [0.15, 0.2) is 24.3 Å². The number of aliphatic carboxylic acids is 1. The van der Waals surface area contributed by atoms with Gasteiger partial charge in [-0.25, -0.2) is 8.42 Å². The number of carbonyl (C=O) groups is 1. The number of rotatable bonds is 4. The Morgan fingerprint density at radius 3 is 2.68 bits per heavy atom. The van der Waals surface area contributed by atoms with Crippen molar-refractivity contribution in [2.24, 2.45) is 5.41 Å². The van der Waals surface area contributed by atoms with Gasteiger partial charge in [0.1, 0.15) is 0 Å². The first kappa shape index (κ1) is 15.0. The zero-order valence-corrected chi connectivity index (χ0v) is 12.7. The van der Waals surface area contributed by atoms with Gasteiger partial charge in [-0.1, -0.05) is 24.3 Å². The number of benzene rings is 1. The summed E-state index contributed by atoms with van der Waals surface area (Å²) < 4.78 is 26.3. The number of nitriles is 1. The monoisotopic (exact) mass is 320 g/mol. The smallest absolute Gasteiger partial charge is 0.312 e. The summed E-state index contributed by atoms with van der Waals surface area (Å²) in [5, 5.41) is 18.5. The third-order valence-corrected chi connectivity index (χ3v) is 6.39. The molecule has 116 valence electrons. The highest BCUT2D eigenvalue weighted by Gasteiger charge is 2.49. The van der Waals surface area contributed by atoms with Crippen molar-refractivity contribution < 1.29 is 18.3 Å². The molecule has 1 aliphatic heterocycles. The summed E-state index contributed by atoms with van der Waals surface area (Å²) in [6, 6.07) is 9.09. The van der Waals surface area contributed by atoms with E-state index in [4.69, 9.17) is 5.26 Å². The van der Waals surface area contributed by atoms with E-state index in [2.05, 4.69) is 6.07 Å². The van der Waals surface area contributed by atoms with Crippen LogP contribution in [0.2, 0.25) is 0 Å². The van der Waals surface area contributed by atoms with Crippen LogP contribution in [-0.2, 0) is 21.4 Å². The quantitative estimate of drug-likeness (QED) is 0.901.